The van der Waals surface area contributed by atoms with Gasteiger partial charge in [-0.2, -0.15) is 0 Å². The molecule has 0 rings (SSSR count). The summed E-state index contributed by atoms with van der Waals surface area (Å²) in [4.78, 5) is 49.4. The molecule has 0 radical (unpaired) electrons. The van der Waals surface area contributed by atoms with Gasteiger partial charge in [-0.05, 0) is 13.3 Å². The molecule has 2 amide bonds. The first-order chi connectivity index (χ1) is 14.2. The highest BCUT2D eigenvalue weighted by molar-refractivity contribution is 5.74. The number of nitrogens with two attached hydrogens (primary N) is 3. The van der Waals surface area contributed by atoms with Crippen molar-refractivity contribution >= 4 is 29.7 Å². The van der Waals surface area contributed by atoms with Crippen molar-refractivity contribution in [2.24, 2.45) is 17.2 Å². The maximum Gasteiger partial charge on any atom is 0.323 e. The van der Waals surface area contributed by atoms with E-state index >= 15 is 0 Å². The van der Waals surface area contributed by atoms with Crippen LogP contribution in [-0.4, -0.2) is 77.0 Å². The Kier molecular flexibility index (Phi) is 36.3. The number of primary amides is 2. The van der Waals surface area contributed by atoms with Crippen molar-refractivity contribution in [1.82, 2.24) is 0 Å². The molecule has 2 unspecified atom stereocenters. The maximum absolute atomic E-state index is 10.7. The molecule has 0 heterocycles. The largest absolute Gasteiger partial charge is 0.480 e. The van der Waals surface area contributed by atoms with Crippen molar-refractivity contribution in [3.63, 3.8) is 0 Å². The number of carboxylic acid groups (broad SMARTS) is 1. The van der Waals surface area contributed by atoms with Gasteiger partial charge >= 0.3 is 17.9 Å². The minimum absolute atomic E-state index is 0.144. The van der Waals surface area contributed by atoms with Gasteiger partial charge in [0.1, 0.15) is 25.9 Å². The lowest BCUT2D eigenvalue weighted by Crippen LogP contribution is -2.39. The third kappa shape index (κ3) is 58.4. The van der Waals surface area contributed by atoms with E-state index < -0.39 is 30.6 Å². The number of carbonyl (C=O) groups is 5. The fourth-order valence-corrected chi connectivity index (χ4v) is 0.824. The van der Waals surface area contributed by atoms with Gasteiger partial charge in [-0.1, -0.05) is 6.92 Å². The van der Waals surface area contributed by atoms with Crippen LogP contribution >= 0.6 is 0 Å². The van der Waals surface area contributed by atoms with Gasteiger partial charge in [-0.25, -0.2) is 0 Å². The highest BCUT2D eigenvalue weighted by Gasteiger charge is 2.16. The highest BCUT2D eigenvalue weighted by atomic mass is 16.6. The van der Waals surface area contributed by atoms with Crippen LogP contribution < -0.4 is 17.2 Å². The van der Waals surface area contributed by atoms with Gasteiger partial charge in [0.25, 0.3) is 0 Å². The molecule has 13 nitrogen and oxygen atoms in total. The quantitative estimate of drug-likeness (QED) is 0.139. The van der Waals surface area contributed by atoms with Crippen LogP contribution in [0.15, 0.2) is 13.2 Å². The zero-order valence-electron chi connectivity index (χ0n) is 18.5. The molecule has 0 saturated heterocycles. The van der Waals surface area contributed by atoms with Gasteiger partial charge in [-0.3, -0.25) is 24.0 Å². The zero-order valence-corrected chi connectivity index (χ0v) is 18.5. The average molecular weight is 456 g/mol. The van der Waals surface area contributed by atoms with Crippen LogP contribution in [-0.2, 0) is 33.4 Å². The van der Waals surface area contributed by atoms with Crippen molar-refractivity contribution in [3.8, 4) is 0 Å². The van der Waals surface area contributed by atoms with E-state index in [1.807, 2.05) is 6.92 Å². The molecule has 0 aromatic rings. The SMILES string of the molecule is C=C.CC(N)=O.CC(O)C(N)C(=O)O.CCCC(=O)OCCOC(C)=O.NC(=O)CO. The van der Waals surface area contributed by atoms with E-state index in [-0.39, 0.29) is 31.1 Å². The van der Waals surface area contributed by atoms with Crippen molar-refractivity contribution in [3.05, 3.63) is 13.2 Å². The van der Waals surface area contributed by atoms with Crippen molar-refractivity contribution < 1.29 is 48.8 Å². The Morgan fingerprint density at radius 1 is 1.00 bits per heavy atom. The second-order valence-electron chi connectivity index (χ2n) is 5.15. The third-order valence-corrected chi connectivity index (χ3v) is 2.07. The van der Waals surface area contributed by atoms with E-state index in [0.717, 1.165) is 6.42 Å². The second-order valence-corrected chi connectivity index (χ2v) is 5.15. The summed E-state index contributed by atoms with van der Waals surface area (Å²) in [5.74, 6) is -2.81. The van der Waals surface area contributed by atoms with Crippen molar-refractivity contribution in [2.75, 3.05) is 19.8 Å². The second kappa shape index (κ2) is 29.2. The molecule has 0 fully saturated rings. The number of aliphatic carboxylic acids is 1. The van der Waals surface area contributed by atoms with E-state index in [4.69, 9.17) is 25.8 Å². The van der Waals surface area contributed by atoms with E-state index in [1.165, 1.54) is 20.8 Å². The summed E-state index contributed by atoms with van der Waals surface area (Å²) < 4.78 is 9.27. The molecule has 9 N–H and O–H groups in total. The number of hydrogen-bond donors (Lipinski definition) is 6. The summed E-state index contributed by atoms with van der Waals surface area (Å²) in [7, 11) is 0. The molecule has 0 saturated carbocycles. The fraction of sp³-hybridized carbons (Fsp3) is 0.611. The lowest BCUT2D eigenvalue weighted by molar-refractivity contribution is -0.151. The Labute approximate surface area is 182 Å². The number of ether oxygens (including phenoxy) is 2. The number of carboxylic acids is 1. The van der Waals surface area contributed by atoms with Gasteiger partial charge < -0.3 is 42.0 Å². The van der Waals surface area contributed by atoms with Crippen molar-refractivity contribution in [1.29, 1.82) is 0 Å². The van der Waals surface area contributed by atoms with Gasteiger partial charge in [-0.15, -0.1) is 13.2 Å². The van der Waals surface area contributed by atoms with E-state index in [1.54, 1.807) is 0 Å². The molecule has 0 bridgehead atoms. The third-order valence-electron chi connectivity index (χ3n) is 2.07. The Balaban J connectivity index is -0.000000103. The van der Waals surface area contributed by atoms with Gasteiger partial charge in [0.2, 0.25) is 11.8 Å². The number of rotatable bonds is 8. The lowest BCUT2D eigenvalue weighted by atomic mass is 10.2. The van der Waals surface area contributed by atoms with Crippen LogP contribution in [0.5, 0.6) is 0 Å². The van der Waals surface area contributed by atoms with E-state index in [0.29, 0.717) is 6.42 Å². The minimum Gasteiger partial charge on any atom is -0.480 e. The first-order valence-corrected chi connectivity index (χ1v) is 8.83. The molecule has 13 heteroatoms. The predicted octanol–water partition coefficient (Wildman–Crippen LogP) is -1.57. The molecule has 2 atom stereocenters. The van der Waals surface area contributed by atoms with Crippen LogP contribution in [0.25, 0.3) is 0 Å². The smallest absolute Gasteiger partial charge is 0.323 e. The average Bonchev–Trinajstić information content (AvgIpc) is 2.66. The molecule has 0 aliphatic heterocycles. The molecule has 0 aromatic heterocycles. The van der Waals surface area contributed by atoms with E-state index in [9.17, 15) is 24.0 Å². The Bertz CT molecular complexity index is 495. The molecule has 184 valence electrons. The summed E-state index contributed by atoms with van der Waals surface area (Å²) in [6.45, 7) is 11.6. The van der Waals surface area contributed by atoms with Gasteiger partial charge in [0, 0.05) is 20.3 Å². The topological polar surface area (TPSA) is 243 Å². The normalized spacial score (nSPS) is 10.2. The summed E-state index contributed by atoms with van der Waals surface area (Å²) in [5.41, 5.74) is 13.8. The minimum atomic E-state index is -1.18. The first kappa shape index (κ1) is 38.6. The van der Waals surface area contributed by atoms with Crippen LogP contribution in [0.1, 0.15) is 40.5 Å². The molecular weight excluding hydrogens is 418 g/mol. The van der Waals surface area contributed by atoms with Gasteiger partial charge in [0.05, 0.1) is 6.10 Å². The number of esters is 2. The Morgan fingerprint density at radius 3 is 1.55 bits per heavy atom. The number of amides is 2. The lowest BCUT2D eigenvalue weighted by Gasteiger charge is -2.06. The standard InChI is InChI=1S/C8H14O4.C4H9NO3.C2H5NO2.C2H5NO.C2H4/c1-3-4-8(10)12-6-5-11-7(2)9;1-2(6)3(5)4(7)8;3-2(5)1-4;1-2(3)4;1-2/h3-6H2,1-2H3;2-3,6H,5H2,1H3,(H,7,8);4H,1H2,(H2,3,5);1H3,(H2,3,4);1-2H2. The Morgan fingerprint density at radius 2 is 1.35 bits per heavy atom. The van der Waals surface area contributed by atoms with Gasteiger partial charge in [0.15, 0.2) is 0 Å². The van der Waals surface area contributed by atoms with Crippen molar-refractivity contribution in [2.45, 2.75) is 52.7 Å². The maximum atomic E-state index is 10.7. The monoisotopic (exact) mass is 455 g/mol. The number of carbonyl (C=O) groups excluding carboxylic acids is 4. The first-order valence-electron chi connectivity index (χ1n) is 8.83. The van der Waals surface area contributed by atoms with Crippen LogP contribution in [0.2, 0.25) is 0 Å². The van der Waals surface area contributed by atoms with E-state index in [2.05, 4.69) is 29.4 Å². The molecule has 0 spiro atoms. The van der Waals surface area contributed by atoms with Crippen LogP contribution in [0.4, 0.5) is 0 Å². The summed E-state index contributed by atoms with van der Waals surface area (Å²) in [6, 6.07) is -1.16. The summed E-state index contributed by atoms with van der Waals surface area (Å²) in [6.07, 6.45) is 0.208. The van der Waals surface area contributed by atoms with Crippen LogP contribution in [0, 0.1) is 0 Å². The molecular formula is C18H37N3O10. The molecule has 0 aromatic carbocycles. The highest BCUT2D eigenvalue weighted by Crippen LogP contribution is 1.90. The summed E-state index contributed by atoms with van der Waals surface area (Å²) in [5, 5.41) is 24.2. The predicted molar refractivity (Wildman–Crippen MR) is 112 cm³/mol. The Hall–Kier alpha value is -3.03. The molecule has 0 aliphatic carbocycles. The number of aliphatic hydroxyl groups excluding tert-OH is 2. The summed E-state index contributed by atoms with van der Waals surface area (Å²) >= 11 is 0. The molecule has 0 aliphatic rings. The van der Waals surface area contributed by atoms with Crippen LogP contribution in [0.3, 0.4) is 0 Å². The fourth-order valence-electron chi connectivity index (χ4n) is 0.824. The number of hydrogen-bond acceptors (Lipinski definition) is 10. The number of aliphatic hydroxyl groups is 2. The molecule has 31 heavy (non-hydrogen) atoms. The zero-order chi connectivity index (χ0) is 26.0.